The van der Waals surface area contributed by atoms with Gasteiger partial charge in [-0.1, -0.05) is 0 Å². The molecule has 94 valence electrons. The van der Waals surface area contributed by atoms with Crippen LogP contribution in [0.25, 0.3) is 0 Å². The van der Waals surface area contributed by atoms with E-state index in [0.29, 0.717) is 13.0 Å². The van der Waals surface area contributed by atoms with E-state index in [9.17, 15) is 14.4 Å². The molecular weight excluding hydrogens is 226 g/mol. The van der Waals surface area contributed by atoms with Gasteiger partial charge in [0.1, 0.15) is 6.54 Å². The Balaban J connectivity index is 2.53. The summed E-state index contributed by atoms with van der Waals surface area (Å²) in [6.07, 6.45) is -0.0547. The Morgan fingerprint density at radius 2 is 2.24 bits per heavy atom. The van der Waals surface area contributed by atoms with Gasteiger partial charge in [0.2, 0.25) is 5.91 Å². The maximum atomic E-state index is 11.4. The van der Waals surface area contributed by atoms with Crippen LogP contribution < -0.4 is 16.4 Å². The number of aromatic nitrogens is 2. The zero-order valence-corrected chi connectivity index (χ0v) is 9.47. The van der Waals surface area contributed by atoms with Gasteiger partial charge in [0.15, 0.2) is 0 Å². The van der Waals surface area contributed by atoms with Crippen molar-refractivity contribution in [3.63, 3.8) is 0 Å². The van der Waals surface area contributed by atoms with E-state index < -0.39 is 23.1 Å². The minimum absolute atomic E-state index is 0.241. The lowest BCUT2D eigenvalue weighted by molar-refractivity contribution is -0.122. The molecule has 1 heterocycles. The van der Waals surface area contributed by atoms with Gasteiger partial charge in [-0.05, 0) is 13.3 Å². The summed E-state index contributed by atoms with van der Waals surface area (Å²) in [4.78, 5) is 33.6. The normalized spacial score (nSPS) is 12.1. The molecule has 0 aromatic carbocycles. The fourth-order valence-corrected chi connectivity index (χ4v) is 1.20. The summed E-state index contributed by atoms with van der Waals surface area (Å²) in [6, 6.07) is 2.20. The molecule has 0 bridgehead atoms. The molecule has 1 aromatic rings. The second-order valence-electron chi connectivity index (χ2n) is 3.72. The third-order valence-electron chi connectivity index (χ3n) is 2.07. The van der Waals surface area contributed by atoms with Crippen LogP contribution in [0, 0.1) is 0 Å². The second-order valence-corrected chi connectivity index (χ2v) is 3.72. The topological polar surface area (TPSA) is 104 Å². The highest BCUT2D eigenvalue weighted by molar-refractivity contribution is 5.75. The van der Waals surface area contributed by atoms with Crippen molar-refractivity contribution >= 4 is 5.91 Å². The number of rotatable bonds is 5. The second kappa shape index (κ2) is 6.00. The fourth-order valence-electron chi connectivity index (χ4n) is 1.20. The molecule has 0 fully saturated rings. The van der Waals surface area contributed by atoms with Crippen LogP contribution in [0.1, 0.15) is 13.3 Å². The molecule has 0 aliphatic heterocycles. The SMILES string of the molecule is CC(O)CCNC(=O)Cn1[nH]c(=O)ccc1=O. The highest BCUT2D eigenvalue weighted by Crippen LogP contribution is 1.86. The van der Waals surface area contributed by atoms with Gasteiger partial charge in [0.05, 0.1) is 6.10 Å². The molecule has 0 aliphatic carbocycles. The quantitative estimate of drug-likeness (QED) is 0.579. The van der Waals surface area contributed by atoms with Crippen molar-refractivity contribution in [1.82, 2.24) is 15.1 Å². The van der Waals surface area contributed by atoms with Crippen LogP contribution in [0.2, 0.25) is 0 Å². The van der Waals surface area contributed by atoms with E-state index >= 15 is 0 Å². The minimum Gasteiger partial charge on any atom is -0.393 e. The minimum atomic E-state index is -0.491. The van der Waals surface area contributed by atoms with Crippen LogP contribution in [0.4, 0.5) is 0 Å². The molecule has 0 aliphatic rings. The Bertz CT molecular complexity index is 489. The molecule has 17 heavy (non-hydrogen) atoms. The van der Waals surface area contributed by atoms with Crippen molar-refractivity contribution in [1.29, 1.82) is 0 Å². The molecule has 1 amide bonds. The van der Waals surface area contributed by atoms with Gasteiger partial charge in [0, 0.05) is 18.7 Å². The molecule has 7 nitrogen and oxygen atoms in total. The number of aliphatic hydroxyl groups excluding tert-OH is 1. The van der Waals surface area contributed by atoms with Crippen LogP contribution in [0.3, 0.4) is 0 Å². The van der Waals surface area contributed by atoms with Gasteiger partial charge < -0.3 is 10.4 Å². The molecule has 1 unspecified atom stereocenters. The van der Waals surface area contributed by atoms with E-state index in [4.69, 9.17) is 5.11 Å². The Labute approximate surface area is 97.1 Å². The first-order valence-electron chi connectivity index (χ1n) is 5.24. The monoisotopic (exact) mass is 241 g/mol. The third kappa shape index (κ3) is 4.64. The first kappa shape index (κ1) is 13.2. The van der Waals surface area contributed by atoms with Gasteiger partial charge in [0.25, 0.3) is 11.1 Å². The van der Waals surface area contributed by atoms with Crippen molar-refractivity contribution in [3.05, 3.63) is 32.8 Å². The maximum Gasteiger partial charge on any atom is 0.265 e. The highest BCUT2D eigenvalue weighted by Gasteiger charge is 2.05. The number of hydrogen-bond acceptors (Lipinski definition) is 4. The zero-order chi connectivity index (χ0) is 12.8. The standard InChI is InChI=1S/C10H15N3O4/c1-7(14)4-5-11-9(16)6-13-10(17)3-2-8(15)12-13/h2-3,7,14H,4-6H2,1H3,(H,11,16)(H,12,15). The number of H-pyrrole nitrogens is 1. The van der Waals surface area contributed by atoms with Crippen LogP contribution in [-0.2, 0) is 11.3 Å². The van der Waals surface area contributed by atoms with Crippen molar-refractivity contribution < 1.29 is 9.90 Å². The summed E-state index contributed by atoms with van der Waals surface area (Å²) in [5.74, 6) is -0.394. The number of hydrogen-bond donors (Lipinski definition) is 3. The number of nitrogens with zero attached hydrogens (tertiary/aromatic N) is 1. The number of carbonyl (C=O) groups is 1. The molecule has 3 N–H and O–H groups in total. The first-order chi connectivity index (χ1) is 7.99. The molecule has 0 saturated carbocycles. The number of aromatic amines is 1. The van der Waals surface area contributed by atoms with Crippen molar-refractivity contribution in [3.8, 4) is 0 Å². The lowest BCUT2D eigenvalue weighted by Crippen LogP contribution is -2.36. The van der Waals surface area contributed by atoms with Crippen LogP contribution >= 0.6 is 0 Å². The number of carbonyl (C=O) groups excluding carboxylic acids is 1. The zero-order valence-electron chi connectivity index (χ0n) is 9.47. The molecule has 7 heteroatoms. The number of amides is 1. The smallest absolute Gasteiger partial charge is 0.265 e. The van der Waals surface area contributed by atoms with E-state index in [2.05, 4.69) is 10.4 Å². The van der Waals surface area contributed by atoms with E-state index in [1.807, 2.05) is 0 Å². The van der Waals surface area contributed by atoms with Crippen LogP contribution in [0.5, 0.6) is 0 Å². The maximum absolute atomic E-state index is 11.4. The molecule has 0 spiro atoms. The van der Waals surface area contributed by atoms with Gasteiger partial charge in [-0.3, -0.25) is 19.5 Å². The van der Waals surface area contributed by atoms with Gasteiger partial charge in [-0.2, -0.15) is 0 Å². The molecule has 1 aromatic heterocycles. The lowest BCUT2D eigenvalue weighted by Gasteiger charge is -2.07. The first-order valence-corrected chi connectivity index (χ1v) is 5.24. The molecule has 1 atom stereocenters. The Morgan fingerprint density at radius 1 is 1.53 bits per heavy atom. The largest absolute Gasteiger partial charge is 0.393 e. The average molecular weight is 241 g/mol. The lowest BCUT2D eigenvalue weighted by atomic mass is 10.3. The number of nitrogens with one attached hydrogen (secondary N) is 2. The predicted molar refractivity (Wildman–Crippen MR) is 60.6 cm³/mol. The van der Waals surface area contributed by atoms with Gasteiger partial charge >= 0.3 is 0 Å². The van der Waals surface area contributed by atoms with Crippen molar-refractivity contribution in [2.45, 2.75) is 26.0 Å². The molecule has 0 radical (unpaired) electrons. The predicted octanol–water partition coefficient (Wildman–Crippen LogP) is -1.58. The summed E-state index contributed by atoms with van der Waals surface area (Å²) in [5.41, 5.74) is -0.892. The summed E-state index contributed by atoms with van der Waals surface area (Å²) in [6.45, 7) is 1.70. The van der Waals surface area contributed by atoms with E-state index in [1.165, 1.54) is 0 Å². The number of aliphatic hydroxyl groups is 1. The van der Waals surface area contributed by atoms with Gasteiger partial charge in [-0.25, -0.2) is 4.68 Å². The summed E-state index contributed by atoms with van der Waals surface area (Å²) < 4.78 is 0.931. The van der Waals surface area contributed by atoms with Crippen molar-refractivity contribution in [2.75, 3.05) is 6.54 Å². The van der Waals surface area contributed by atoms with Crippen LogP contribution in [-0.4, -0.2) is 33.4 Å². The van der Waals surface area contributed by atoms with E-state index in [1.54, 1.807) is 6.92 Å². The van der Waals surface area contributed by atoms with E-state index in [0.717, 1.165) is 16.8 Å². The third-order valence-corrected chi connectivity index (χ3v) is 2.07. The molecular formula is C10H15N3O4. The van der Waals surface area contributed by atoms with Gasteiger partial charge in [-0.15, -0.1) is 0 Å². The summed E-state index contributed by atoms with van der Waals surface area (Å²) >= 11 is 0. The summed E-state index contributed by atoms with van der Waals surface area (Å²) in [7, 11) is 0. The van der Waals surface area contributed by atoms with E-state index in [-0.39, 0.29) is 6.54 Å². The average Bonchev–Trinajstić information content (AvgIpc) is 2.23. The van der Waals surface area contributed by atoms with Crippen LogP contribution in [0.15, 0.2) is 21.7 Å². The molecule has 0 saturated heterocycles. The summed E-state index contributed by atoms with van der Waals surface area (Å²) in [5, 5.41) is 13.8. The Kier molecular flexibility index (Phi) is 4.65. The fraction of sp³-hybridized carbons (Fsp3) is 0.500. The highest BCUT2D eigenvalue weighted by atomic mass is 16.3. The Hall–Kier alpha value is -1.89. The molecule has 1 rings (SSSR count). The Morgan fingerprint density at radius 3 is 2.88 bits per heavy atom. The van der Waals surface area contributed by atoms with Crippen molar-refractivity contribution in [2.24, 2.45) is 0 Å².